The number of aromatic amines is 1. The smallest absolute Gasteiger partial charge is 0.364 e. The van der Waals surface area contributed by atoms with E-state index in [1.165, 1.54) is 12.3 Å². The van der Waals surface area contributed by atoms with Gasteiger partial charge in [0.1, 0.15) is 5.69 Å². The van der Waals surface area contributed by atoms with Crippen molar-refractivity contribution in [2.75, 3.05) is 0 Å². The molecule has 2 heterocycles. The molecule has 0 bridgehead atoms. The molecule has 2 atom stereocenters. The van der Waals surface area contributed by atoms with Gasteiger partial charge in [0.15, 0.2) is 5.43 Å². The van der Waals surface area contributed by atoms with E-state index >= 15 is 0 Å². The summed E-state index contributed by atoms with van der Waals surface area (Å²) in [5.74, 6) is -1.33. The average molecular weight is 421 g/mol. The number of rotatable bonds is 3. The lowest BCUT2D eigenvalue weighted by atomic mass is 9.65. The molecule has 162 valence electrons. The highest BCUT2D eigenvalue weighted by atomic mass is 19.4. The molecular formula is C22H26F3N3O2. The maximum Gasteiger partial charge on any atom is 0.391 e. The predicted molar refractivity (Wildman–Crippen MR) is 107 cm³/mol. The summed E-state index contributed by atoms with van der Waals surface area (Å²) >= 11 is 0. The number of carbonyl (C=O) groups excluding carboxylic acids is 1. The number of alkyl halides is 3. The van der Waals surface area contributed by atoms with Crippen LogP contribution in [0.1, 0.15) is 73.5 Å². The highest BCUT2D eigenvalue weighted by Crippen LogP contribution is 2.48. The maximum absolute atomic E-state index is 13.1. The van der Waals surface area contributed by atoms with E-state index in [-0.39, 0.29) is 47.1 Å². The maximum atomic E-state index is 13.1. The van der Waals surface area contributed by atoms with Crippen molar-refractivity contribution < 1.29 is 18.0 Å². The fraction of sp³-hybridized carbons (Fsp3) is 0.591. The molecule has 2 aliphatic carbocycles. The molecule has 1 amide bonds. The number of nitrogens with two attached hydrogens (primary N) is 1. The van der Waals surface area contributed by atoms with Crippen LogP contribution in [0.25, 0.3) is 10.9 Å². The van der Waals surface area contributed by atoms with Crippen molar-refractivity contribution >= 4 is 16.8 Å². The first-order valence-corrected chi connectivity index (χ1v) is 10.6. The minimum Gasteiger partial charge on any atom is -0.364 e. The number of hydrogen-bond acceptors (Lipinski definition) is 3. The Labute approximate surface area is 172 Å². The number of pyridine rings is 2. The van der Waals surface area contributed by atoms with Gasteiger partial charge in [-0.05, 0) is 56.4 Å². The Morgan fingerprint density at radius 3 is 2.47 bits per heavy atom. The molecule has 3 N–H and O–H groups in total. The second kappa shape index (κ2) is 8.04. The SMILES string of the molecule is NC(=O)c1nccc2[nH]c([C@@H]3CCCC[C@H]3C3CCC(C(F)(F)F)CC3)cc(=O)c12. The van der Waals surface area contributed by atoms with Crippen LogP contribution in [-0.2, 0) is 0 Å². The second-order valence-corrected chi connectivity index (χ2v) is 8.74. The van der Waals surface area contributed by atoms with Crippen molar-refractivity contribution in [1.82, 2.24) is 9.97 Å². The van der Waals surface area contributed by atoms with Gasteiger partial charge in [0.05, 0.1) is 16.8 Å². The Hall–Kier alpha value is -2.38. The molecule has 0 aliphatic heterocycles. The molecule has 2 aromatic heterocycles. The number of nitrogens with one attached hydrogen (secondary N) is 1. The highest BCUT2D eigenvalue weighted by molar-refractivity contribution is 6.03. The molecule has 0 aromatic carbocycles. The summed E-state index contributed by atoms with van der Waals surface area (Å²) in [5.41, 5.74) is 6.33. The Morgan fingerprint density at radius 1 is 1.10 bits per heavy atom. The second-order valence-electron chi connectivity index (χ2n) is 8.74. The first-order valence-electron chi connectivity index (χ1n) is 10.6. The summed E-state index contributed by atoms with van der Waals surface area (Å²) in [6.07, 6.45) is 2.85. The number of amides is 1. The first kappa shape index (κ1) is 20.9. The summed E-state index contributed by atoms with van der Waals surface area (Å²) in [4.78, 5) is 31.7. The number of carbonyl (C=O) groups is 1. The molecular weight excluding hydrogens is 395 g/mol. The lowest BCUT2D eigenvalue weighted by Crippen LogP contribution is -2.33. The molecule has 2 saturated carbocycles. The van der Waals surface area contributed by atoms with Gasteiger partial charge in [-0.1, -0.05) is 12.8 Å². The van der Waals surface area contributed by atoms with Gasteiger partial charge in [-0.25, -0.2) is 0 Å². The molecule has 5 nitrogen and oxygen atoms in total. The van der Waals surface area contributed by atoms with Gasteiger partial charge in [-0.3, -0.25) is 14.6 Å². The molecule has 0 unspecified atom stereocenters. The zero-order valence-corrected chi connectivity index (χ0v) is 16.7. The standard InChI is InChI=1S/C22H26F3N3O2/c23-22(24,25)13-7-5-12(6-8-13)14-3-1-2-4-15(14)17-11-18(29)19-16(28-17)9-10-27-20(19)21(26)30/h9-15H,1-8H2,(H2,26,30)(H,28,29)/t12?,13?,14-,15+/m0/s1. The van der Waals surface area contributed by atoms with Crippen molar-refractivity contribution in [2.45, 2.75) is 63.5 Å². The minimum atomic E-state index is -4.10. The van der Waals surface area contributed by atoms with Crippen molar-refractivity contribution in [3.63, 3.8) is 0 Å². The number of nitrogens with zero attached hydrogens (tertiary/aromatic N) is 1. The Morgan fingerprint density at radius 2 is 1.80 bits per heavy atom. The summed E-state index contributed by atoms with van der Waals surface area (Å²) < 4.78 is 39.2. The Bertz CT molecular complexity index is 993. The molecule has 2 aromatic rings. The summed E-state index contributed by atoms with van der Waals surface area (Å²) in [7, 11) is 0. The number of fused-ring (bicyclic) bond motifs is 1. The van der Waals surface area contributed by atoms with Crippen LogP contribution in [0.3, 0.4) is 0 Å². The first-order chi connectivity index (χ1) is 14.3. The Kier molecular flexibility index (Phi) is 5.59. The third-order valence-corrected chi connectivity index (χ3v) is 7.06. The average Bonchev–Trinajstić information content (AvgIpc) is 2.72. The fourth-order valence-electron chi connectivity index (χ4n) is 5.59. The summed E-state index contributed by atoms with van der Waals surface area (Å²) in [6, 6.07) is 3.18. The lowest BCUT2D eigenvalue weighted by Gasteiger charge is -2.41. The molecule has 2 fully saturated rings. The van der Waals surface area contributed by atoms with E-state index in [0.717, 1.165) is 31.4 Å². The van der Waals surface area contributed by atoms with Crippen molar-refractivity contribution in [1.29, 1.82) is 0 Å². The Balaban J connectivity index is 1.63. The molecule has 2 aliphatic rings. The number of aromatic nitrogens is 2. The van der Waals surface area contributed by atoms with Crippen molar-refractivity contribution in [3.05, 3.63) is 39.9 Å². The van der Waals surface area contributed by atoms with E-state index in [1.54, 1.807) is 6.07 Å². The molecule has 0 radical (unpaired) electrons. The number of primary amides is 1. The largest absolute Gasteiger partial charge is 0.391 e. The molecule has 8 heteroatoms. The van der Waals surface area contributed by atoms with E-state index in [4.69, 9.17) is 5.73 Å². The third-order valence-electron chi connectivity index (χ3n) is 7.06. The van der Waals surface area contributed by atoms with E-state index < -0.39 is 18.0 Å². The highest BCUT2D eigenvalue weighted by Gasteiger charge is 2.44. The van der Waals surface area contributed by atoms with Gasteiger partial charge in [0, 0.05) is 23.9 Å². The van der Waals surface area contributed by atoms with Gasteiger partial charge in [-0.2, -0.15) is 13.2 Å². The minimum absolute atomic E-state index is 0.0500. The van der Waals surface area contributed by atoms with E-state index in [2.05, 4.69) is 9.97 Å². The number of H-pyrrole nitrogens is 1. The fourth-order valence-corrected chi connectivity index (χ4v) is 5.59. The topological polar surface area (TPSA) is 88.8 Å². The van der Waals surface area contributed by atoms with E-state index in [1.807, 2.05) is 0 Å². The molecule has 4 rings (SSSR count). The van der Waals surface area contributed by atoms with Crippen LogP contribution in [0.2, 0.25) is 0 Å². The molecule has 30 heavy (non-hydrogen) atoms. The lowest BCUT2D eigenvalue weighted by molar-refractivity contribution is -0.185. The monoisotopic (exact) mass is 421 g/mol. The number of halogens is 3. The molecule has 0 saturated heterocycles. The van der Waals surface area contributed by atoms with Crippen LogP contribution in [0.4, 0.5) is 13.2 Å². The normalized spacial score (nSPS) is 27.8. The van der Waals surface area contributed by atoms with E-state index in [9.17, 15) is 22.8 Å². The van der Waals surface area contributed by atoms with Gasteiger partial charge in [0.2, 0.25) is 0 Å². The summed E-state index contributed by atoms with van der Waals surface area (Å²) in [5, 5.41) is 0.187. The summed E-state index contributed by atoms with van der Waals surface area (Å²) in [6.45, 7) is 0. The third kappa shape index (κ3) is 3.96. The van der Waals surface area contributed by atoms with Crippen molar-refractivity contribution in [3.8, 4) is 0 Å². The van der Waals surface area contributed by atoms with Crippen molar-refractivity contribution in [2.24, 2.45) is 23.5 Å². The predicted octanol–water partition coefficient (Wildman–Crippen LogP) is 4.66. The van der Waals surface area contributed by atoms with Gasteiger partial charge < -0.3 is 10.7 Å². The van der Waals surface area contributed by atoms with Gasteiger partial charge in [-0.15, -0.1) is 0 Å². The van der Waals surface area contributed by atoms with Crippen LogP contribution >= 0.6 is 0 Å². The van der Waals surface area contributed by atoms with E-state index in [0.29, 0.717) is 18.4 Å². The van der Waals surface area contributed by atoms with Crippen LogP contribution in [0.15, 0.2) is 23.1 Å². The van der Waals surface area contributed by atoms with Crippen LogP contribution < -0.4 is 11.2 Å². The van der Waals surface area contributed by atoms with Crippen LogP contribution in [-0.4, -0.2) is 22.1 Å². The zero-order valence-electron chi connectivity index (χ0n) is 16.7. The van der Waals surface area contributed by atoms with Gasteiger partial charge >= 0.3 is 6.18 Å². The van der Waals surface area contributed by atoms with Crippen LogP contribution in [0, 0.1) is 17.8 Å². The van der Waals surface area contributed by atoms with Crippen LogP contribution in [0.5, 0.6) is 0 Å². The van der Waals surface area contributed by atoms with Gasteiger partial charge in [0.25, 0.3) is 5.91 Å². The quantitative estimate of drug-likeness (QED) is 0.755. The number of hydrogen-bond donors (Lipinski definition) is 2. The molecule has 0 spiro atoms. The zero-order chi connectivity index (χ0) is 21.5.